The molecule has 2 heterocycles. The monoisotopic (exact) mass is 352 g/mol. The molecule has 2 N–H and O–H groups in total. The molecule has 128 valence electrons. The van der Waals surface area contributed by atoms with Crippen molar-refractivity contribution in [1.29, 1.82) is 0 Å². The maximum atomic E-state index is 12.4. The van der Waals surface area contributed by atoms with Crippen molar-refractivity contribution in [3.8, 4) is 0 Å². The topological polar surface area (TPSA) is 85.2 Å². The Labute approximate surface area is 138 Å². The Bertz CT molecular complexity index is 550. The van der Waals surface area contributed by atoms with Gasteiger partial charge in [0.05, 0.1) is 12.8 Å². The Hall–Kier alpha value is -0.670. The predicted molar refractivity (Wildman–Crippen MR) is 86.8 cm³/mol. The zero-order valence-electron chi connectivity index (χ0n) is 13.0. The van der Waals surface area contributed by atoms with E-state index in [0.29, 0.717) is 19.7 Å². The molecule has 2 rings (SSSR count). The summed E-state index contributed by atoms with van der Waals surface area (Å²) >= 11 is 0. The SMILES string of the molecule is CCn1nccc1S(=O)(=O)NCC1(COC)CCNCC1.Cl. The molecule has 1 aliphatic heterocycles. The van der Waals surface area contributed by atoms with E-state index in [1.165, 1.54) is 16.9 Å². The largest absolute Gasteiger partial charge is 0.384 e. The van der Waals surface area contributed by atoms with Crippen LogP contribution in [0, 0.1) is 5.41 Å². The van der Waals surface area contributed by atoms with Gasteiger partial charge in [0.25, 0.3) is 10.0 Å². The van der Waals surface area contributed by atoms with E-state index in [1.54, 1.807) is 7.11 Å². The number of ether oxygens (including phenoxy) is 1. The van der Waals surface area contributed by atoms with E-state index in [4.69, 9.17) is 4.74 Å². The Morgan fingerprint density at radius 1 is 1.45 bits per heavy atom. The van der Waals surface area contributed by atoms with Gasteiger partial charge in [0.1, 0.15) is 0 Å². The summed E-state index contributed by atoms with van der Waals surface area (Å²) in [7, 11) is -1.88. The van der Waals surface area contributed by atoms with Crippen molar-refractivity contribution in [3.05, 3.63) is 12.3 Å². The van der Waals surface area contributed by atoms with Crippen LogP contribution in [0.5, 0.6) is 0 Å². The van der Waals surface area contributed by atoms with Crippen molar-refractivity contribution in [2.24, 2.45) is 5.41 Å². The summed E-state index contributed by atoms with van der Waals surface area (Å²) in [5.41, 5.74) is -0.135. The molecule has 22 heavy (non-hydrogen) atoms. The number of hydrogen-bond acceptors (Lipinski definition) is 5. The predicted octanol–water partition coefficient (Wildman–Crippen LogP) is 0.619. The molecule has 7 nitrogen and oxygen atoms in total. The molecule has 0 bridgehead atoms. The summed E-state index contributed by atoms with van der Waals surface area (Å²) < 4.78 is 34.4. The normalized spacial score (nSPS) is 17.9. The molecule has 0 amide bonds. The highest BCUT2D eigenvalue weighted by atomic mass is 35.5. The summed E-state index contributed by atoms with van der Waals surface area (Å²) in [5.74, 6) is 0. The third-order valence-corrected chi connectivity index (χ3v) is 5.43. The minimum Gasteiger partial charge on any atom is -0.384 e. The third-order valence-electron chi connectivity index (χ3n) is 4.00. The van der Waals surface area contributed by atoms with Crippen LogP contribution >= 0.6 is 12.4 Å². The minimum absolute atomic E-state index is 0. The lowest BCUT2D eigenvalue weighted by Crippen LogP contribution is -2.47. The molecule has 1 saturated heterocycles. The molecule has 1 aliphatic rings. The van der Waals surface area contributed by atoms with E-state index in [1.807, 2.05) is 6.92 Å². The molecule has 1 aromatic heterocycles. The number of nitrogens with one attached hydrogen (secondary N) is 2. The van der Waals surface area contributed by atoms with E-state index in [0.717, 1.165) is 25.9 Å². The van der Waals surface area contributed by atoms with Crippen LogP contribution in [0.2, 0.25) is 0 Å². The van der Waals surface area contributed by atoms with Gasteiger partial charge in [-0.1, -0.05) is 0 Å². The first-order chi connectivity index (χ1) is 10.0. The van der Waals surface area contributed by atoms with Gasteiger partial charge in [-0.05, 0) is 38.9 Å². The lowest BCUT2D eigenvalue weighted by atomic mass is 9.80. The van der Waals surface area contributed by atoms with E-state index in [9.17, 15) is 8.42 Å². The first-order valence-electron chi connectivity index (χ1n) is 7.24. The molecule has 0 spiro atoms. The van der Waals surface area contributed by atoms with Gasteiger partial charge in [-0.3, -0.25) is 4.68 Å². The zero-order valence-corrected chi connectivity index (χ0v) is 14.7. The highest BCUT2D eigenvalue weighted by Crippen LogP contribution is 2.28. The summed E-state index contributed by atoms with van der Waals surface area (Å²) in [6, 6.07) is 1.53. The number of sulfonamides is 1. The number of aryl methyl sites for hydroxylation is 1. The van der Waals surface area contributed by atoms with Crippen molar-refractivity contribution in [2.45, 2.75) is 31.3 Å². The Kier molecular flexibility index (Phi) is 7.27. The van der Waals surface area contributed by atoms with Gasteiger partial charge in [0.2, 0.25) is 0 Å². The molecule has 1 aromatic rings. The molecule has 0 atom stereocenters. The molecule has 0 unspecified atom stereocenters. The van der Waals surface area contributed by atoms with Crippen LogP contribution in [0.4, 0.5) is 0 Å². The second kappa shape index (κ2) is 8.26. The van der Waals surface area contributed by atoms with E-state index in [-0.39, 0.29) is 22.8 Å². The van der Waals surface area contributed by atoms with Gasteiger partial charge in [-0.15, -0.1) is 12.4 Å². The fraction of sp³-hybridized carbons (Fsp3) is 0.769. The van der Waals surface area contributed by atoms with Gasteiger partial charge in [0.15, 0.2) is 5.03 Å². The average molecular weight is 353 g/mol. The number of nitrogens with zero attached hydrogens (tertiary/aromatic N) is 2. The van der Waals surface area contributed by atoms with E-state index >= 15 is 0 Å². The molecule has 0 saturated carbocycles. The van der Waals surface area contributed by atoms with Crippen LogP contribution in [0.25, 0.3) is 0 Å². The van der Waals surface area contributed by atoms with E-state index in [2.05, 4.69) is 15.1 Å². The summed E-state index contributed by atoms with van der Waals surface area (Å²) in [6.07, 6.45) is 3.31. The molecule has 9 heteroatoms. The standard InChI is InChI=1S/C13H24N4O3S.ClH/c1-3-17-12(4-7-15-17)21(18,19)16-10-13(11-20-2)5-8-14-9-6-13;/h4,7,14,16H,3,5-6,8-11H2,1-2H3;1H. The Morgan fingerprint density at radius 3 is 2.73 bits per heavy atom. The number of halogens is 1. The number of piperidine rings is 1. The fourth-order valence-electron chi connectivity index (χ4n) is 2.74. The number of rotatable bonds is 7. The summed E-state index contributed by atoms with van der Waals surface area (Å²) in [5, 5.41) is 7.52. The van der Waals surface area contributed by atoms with Crippen LogP contribution in [-0.4, -0.2) is 51.5 Å². The maximum Gasteiger partial charge on any atom is 0.257 e. The first kappa shape index (κ1) is 19.4. The first-order valence-corrected chi connectivity index (χ1v) is 8.72. The van der Waals surface area contributed by atoms with Crippen molar-refractivity contribution < 1.29 is 13.2 Å². The van der Waals surface area contributed by atoms with Gasteiger partial charge in [0, 0.05) is 25.6 Å². The summed E-state index contributed by atoms with van der Waals surface area (Å²) in [4.78, 5) is 0. The van der Waals surface area contributed by atoms with Crippen LogP contribution in [-0.2, 0) is 21.3 Å². The fourth-order valence-corrected chi connectivity index (χ4v) is 4.08. The zero-order chi connectivity index (χ0) is 15.3. The maximum absolute atomic E-state index is 12.4. The van der Waals surface area contributed by atoms with Gasteiger partial charge in [-0.2, -0.15) is 5.10 Å². The molecule has 0 radical (unpaired) electrons. The van der Waals surface area contributed by atoms with Gasteiger partial charge >= 0.3 is 0 Å². The third kappa shape index (κ3) is 4.42. The van der Waals surface area contributed by atoms with Gasteiger partial charge in [-0.25, -0.2) is 13.1 Å². The van der Waals surface area contributed by atoms with Crippen molar-refractivity contribution in [3.63, 3.8) is 0 Å². The van der Waals surface area contributed by atoms with E-state index < -0.39 is 10.0 Å². The Balaban J connectivity index is 0.00000242. The van der Waals surface area contributed by atoms with Crippen molar-refractivity contribution in [2.75, 3.05) is 33.4 Å². The quantitative estimate of drug-likeness (QED) is 0.751. The molecule has 0 aliphatic carbocycles. The number of methoxy groups -OCH3 is 1. The summed E-state index contributed by atoms with van der Waals surface area (Å²) in [6.45, 7) is 5.11. The lowest BCUT2D eigenvalue weighted by molar-refractivity contribution is 0.0577. The number of hydrogen-bond donors (Lipinski definition) is 2. The van der Waals surface area contributed by atoms with Crippen LogP contribution in [0.15, 0.2) is 17.3 Å². The molecular formula is C13H25ClN4O3S. The second-order valence-corrected chi connectivity index (χ2v) is 7.21. The van der Waals surface area contributed by atoms with Crippen molar-refractivity contribution in [1.82, 2.24) is 19.8 Å². The minimum atomic E-state index is -3.54. The molecule has 0 aromatic carbocycles. The highest BCUT2D eigenvalue weighted by Gasteiger charge is 2.34. The highest BCUT2D eigenvalue weighted by molar-refractivity contribution is 7.89. The second-order valence-electron chi connectivity index (χ2n) is 5.49. The Morgan fingerprint density at radius 2 is 2.14 bits per heavy atom. The van der Waals surface area contributed by atoms with Crippen LogP contribution < -0.4 is 10.0 Å². The molecular weight excluding hydrogens is 328 g/mol. The van der Waals surface area contributed by atoms with Crippen molar-refractivity contribution >= 4 is 22.4 Å². The average Bonchev–Trinajstić information content (AvgIpc) is 2.96. The lowest BCUT2D eigenvalue weighted by Gasteiger charge is -2.37. The molecule has 1 fully saturated rings. The van der Waals surface area contributed by atoms with Gasteiger partial charge < -0.3 is 10.1 Å². The smallest absolute Gasteiger partial charge is 0.257 e. The number of aromatic nitrogens is 2. The van der Waals surface area contributed by atoms with Crippen LogP contribution in [0.3, 0.4) is 0 Å². The van der Waals surface area contributed by atoms with Crippen LogP contribution in [0.1, 0.15) is 19.8 Å².